The number of thioether (sulfide) groups is 1. The molecule has 0 aromatic rings. The van der Waals surface area contributed by atoms with Gasteiger partial charge in [0.25, 0.3) is 0 Å². The third-order valence-corrected chi connectivity index (χ3v) is 4.55. The van der Waals surface area contributed by atoms with Gasteiger partial charge < -0.3 is 0 Å². The monoisotopic (exact) mass is 230 g/mol. The van der Waals surface area contributed by atoms with Crippen LogP contribution >= 0.6 is 11.8 Å². The lowest BCUT2D eigenvalue weighted by Crippen LogP contribution is -2.14. The van der Waals surface area contributed by atoms with Crippen LogP contribution in [0, 0.1) is 17.8 Å². The van der Waals surface area contributed by atoms with Gasteiger partial charge in [-0.15, -0.1) is 0 Å². The van der Waals surface area contributed by atoms with Crippen LogP contribution in [0.25, 0.3) is 0 Å². The summed E-state index contributed by atoms with van der Waals surface area (Å²) in [6.45, 7) is 11.8. The molecule has 0 aliphatic heterocycles. The average molecular weight is 230 g/mol. The standard InChI is InChI=1S/C14H30S/c1-6-8-9-12(3)10-13(4)14(5)11-15-7-2/h12-14H,6-11H2,1-5H3. The van der Waals surface area contributed by atoms with E-state index in [-0.39, 0.29) is 0 Å². The third kappa shape index (κ3) is 8.19. The Balaban J connectivity index is 3.64. The van der Waals surface area contributed by atoms with Crippen LogP contribution in [0.5, 0.6) is 0 Å². The Hall–Kier alpha value is 0.350. The van der Waals surface area contributed by atoms with Crippen LogP contribution in [0.15, 0.2) is 0 Å². The first-order valence-electron chi connectivity index (χ1n) is 6.69. The zero-order chi connectivity index (χ0) is 11.7. The molecule has 0 N–H and O–H groups in total. The maximum atomic E-state index is 2.43. The van der Waals surface area contributed by atoms with Crippen LogP contribution in [0.1, 0.15) is 60.3 Å². The summed E-state index contributed by atoms with van der Waals surface area (Å²) < 4.78 is 0. The second kappa shape index (κ2) is 9.57. The highest BCUT2D eigenvalue weighted by Gasteiger charge is 2.14. The Morgan fingerprint density at radius 3 is 2.20 bits per heavy atom. The minimum atomic E-state index is 0.888. The molecule has 0 fully saturated rings. The lowest BCUT2D eigenvalue weighted by Gasteiger charge is -2.22. The highest BCUT2D eigenvalue weighted by atomic mass is 32.2. The first-order chi connectivity index (χ1) is 7.11. The lowest BCUT2D eigenvalue weighted by atomic mass is 9.86. The molecule has 0 spiro atoms. The second-order valence-electron chi connectivity index (χ2n) is 5.10. The molecule has 1 heteroatoms. The van der Waals surface area contributed by atoms with Crippen molar-refractivity contribution >= 4 is 11.8 Å². The Morgan fingerprint density at radius 1 is 1.00 bits per heavy atom. The molecular weight excluding hydrogens is 200 g/mol. The average Bonchev–Trinajstić information content (AvgIpc) is 2.22. The molecule has 15 heavy (non-hydrogen) atoms. The van der Waals surface area contributed by atoms with Crippen molar-refractivity contribution in [2.24, 2.45) is 17.8 Å². The van der Waals surface area contributed by atoms with Gasteiger partial charge in [-0.3, -0.25) is 0 Å². The van der Waals surface area contributed by atoms with E-state index in [2.05, 4.69) is 46.4 Å². The van der Waals surface area contributed by atoms with E-state index in [1.165, 1.54) is 37.2 Å². The lowest BCUT2D eigenvalue weighted by molar-refractivity contribution is 0.321. The van der Waals surface area contributed by atoms with Gasteiger partial charge in [0, 0.05) is 0 Å². The molecule has 0 amide bonds. The highest BCUT2D eigenvalue weighted by Crippen LogP contribution is 2.25. The van der Waals surface area contributed by atoms with Gasteiger partial charge in [-0.05, 0) is 35.7 Å². The largest absolute Gasteiger partial charge is 0.162 e. The maximum absolute atomic E-state index is 2.43. The normalized spacial score (nSPS) is 17.4. The van der Waals surface area contributed by atoms with Gasteiger partial charge in [0.2, 0.25) is 0 Å². The summed E-state index contributed by atoms with van der Waals surface area (Å²) in [5.74, 6) is 5.32. The summed E-state index contributed by atoms with van der Waals surface area (Å²) in [5, 5.41) is 0. The topological polar surface area (TPSA) is 0 Å². The molecule has 92 valence electrons. The first kappa shape index (κ1) is 15.3. The van der Waals surface area contributed by atoms with E-state index in [0.717, 1.165) is 17.8 Å². The molecule has 3 atom stereocenters. The molecule has 3 unspecified atom stereocenters. The third-order valence-electron chi connectivity index (χ3n) is 3.38. The molecule has 0 aromatic carbocycles. The van der Waals surface area contributed by atoms with Crippen molar-refractivity contribution in [2.45, 2.75) is 60.3 Å². The van der Waals surface area contributed by atoms with Crippen LogP contribution in [0.3, 0.4) is 0 Å². The molecular formula is C14H30S. The van der Waals surface area contributed by atoms with E-state index in [1.54, 1.807) is 0 Å². The fourth-order valence-electron chi connectivity index (χ4n) is 2.01. The zero-order valence-corrected chi connectivity index (χ0v) is 12.2. The van der Waals surface area contributed by atoms with Gasteiger partial charge in [-0.25, -0.2) is 0 Å². The van der Waals surface area contributed by atoms with E-state index in [1.807, 2.05) is 0 Å². The van der Waals surface area contributed by atoms with Crippen LogP contribution in [-0.4, -0.2) is 11.5 Å². The summed E-state index contributed by atoms with van der Waals surface area (Å²) in [4.78, 5) is 0. The van der Waals surface area contributed by atoms with Crippen molar-refractivity contribution in [1.82, 2.24) is 0 Å². The molecule has 0 nitrogen and oxygen atoms in total. The summed E-state index contributed by atoms with van der Waals surface area (Å²) >= 11 is 2.09. The first-order valence-corrected chi connectivity index (χ1v) is 7.84. The van der Waals surface area contributed by atoms with E-state index in [9.17, 15) is 0 Å². The second-order valence-corrected chi connectivity index (χ2v) is 6.42. The number of hydrogen-bond acceptors (Lipinski definition) is 1. The van der Waals surface area contributed by atoms with Gasteiger partial charge in [-0.1, -0.05) is 53.9 Å². The maximum Gasteiger partial charge on any atom is -0.00393 e. The molecule has 0 aliphatic rings. The molecule has 0 rings (SSSR count). The molecule has 0 aliphatic carbocycles. The minimum Gasteiger partial charge on any atom is -0.162 e. The van der Waals surface area contributed by atoms with Crippen molar-refractivity contribution in [3.63, 3.8) is 0 Å². The Bertz CT molecular complexity index is 133. The van der Waals surface area contributed by atoms with Crippen molar-refractivity contribution in [1.29, 1.82) is 0 Å². The van der Waals surface area contributed by atoms with Crippen LogP contribution in [0.2, 0.25) is 0 Å². The van der Waals surface area contributed by atoms with Crippen molar-refractivity contribution in [3.05, 3.63) is 0 Å². The summed E-state index contributed by atoms with van der Waals surface area (Å²) in [7, 11) is 0. The number of unbranched alkanes of at least 4 members (excludes halogenated alkanes) is 1. The predicted octanol–water partition coefficient (Wildman–Crippen LogP) is 5.23. The summed E-state index contributed by atoms with van der Waals surface area (Å²) in [5.41, 5.74) is 0. The molecule has 0 heterocycles. The smallest absolute Gasteiger partial charge is 0.00393 e. The minimum absolute atomic E-state index is 0.888. The summed E-state index contributed by atoms with van der Waals surface area (Å²) in [6.07, 6.45) is 5.60. The van der Waals surface area contributed by atoms with Gasteiger partial charge in [0.05, 0.1) is 0 Å². The molecule has 0 radical (unpaired) electrons. The fraction of sp³-hybridized carbons (Fsp3) is 1.00. The Kier molecular flexibility index (Phi) is 9.79. The van der Waals surface area contributed by atoms with Gasteiger partial charge in [-0.2, -0.15) is 11.8 Å². The molecule has 0 saturated heterocycles. The van der Waals surface area contributed by atoms with E-state index >= 15 is 0 Å². The van der Waals surface area contributed by atoms with E-state index in [0.29, 0.717) is 0 Å². The van der Waals surface area contributed by atoms with Gasteiger partial charge in [0.15, 0.2) is 0 Å². The number of hydrogen-bond donors (Lipinski definition) is 0. The molecule has 0 aromatic heterocycles. The van der Waals surface area contributed by atoms with Gasteiger partial charge >= 0.3 is 0 Å². The van der Waals surface area contributed by atoms with Crippen molar-refractivity contribution < 1.29 is 0 Å². The predicted molar refractivity (Wildman–Crippen MR) is 74.6 cm³/mol. The van der Waals surface area contributed by atoms with Crippen molar-refractivity contribution in [3.8, 4) is 0 Å². The highest BCUT2D eigenvalue weighted by molar-refractivity contribution is 7.99. The summed E-state index contributed by atoms with van der Waals surface area (Å²) in [6, 6.07) is 0. The van der Waals surface area contributed by atoms with Gasteiger partial charge in [0.1, 0.15) is 0 Å². The number of rotatable bonds is 9. The molecule has 0 bridgehead atoms. The zero-order valence-electron chi connectivity index (χ0n) is 11.4. The Morgan fingerprint density at radius 2 is 1.67 bits per heavy atom. The van der Waals surface area contributed by atoms with E-state index < -0.39 is 0 Å². The van der Waals surface area contributed by atoms with Crippen LogP contribution in [0.4, 0.5) is 0 Å². The molecule has 0 saturated carbocycles. The fourth-order valence-corrected chi connectivity index (χ4v) is 2.94. The van der Waals surface area contributed by atoms with Crippen molar-refractivity contribution in [2.75, 3.05) is 11.5 Å². The van der Waals surface area contributed by atoms with Crippen LogP contribution < -0.4 is 0 Å². The quantitative estimate of drug-likeness (QED) is 0.523. The Labute approximate surface area is 102 Å². The van der Waals surface area contributed by atoms with Crippen LogP contribution in [-0.2, 0) is 0 Å². The van der Waals surface area contributed by atoms with E-state index in [4.69, 9.17) is 0 Å². The SMILES string of the molecule is CCCCC(C)CC(C)C(C)CSCC.